The fourth-order valence-corrected chi connectivity index (χ4v) is 2.87. The van der Waals surface area contributed by atoms with Crippen molar-refractivity contribution in [3.05, 3.63) is 64.4 Å². The third kappa shape index (κ3) is 7.16. The molecule has 5 nitrogen and oxygen atoms in total. The summed E-state index contributed by atoms with van der Waals surface area (Å²) in [5.74, 6) is -0.881. The predicted octanol–water partition coefficient (Wildman–Crippen LogP) is 4.16. The van der Waals surface area contributed by atoms with E-state index in [1.807, 2.05) is 38.1 Å². The molecule has 0 fully saturated rings. The van der Waals surface area contributed by atoms with Crippen LogP contribution in [0, 0.1) is 11.7 Å². The van der Waals surface area contributed by atoms with Crippen LogP contribution >= 0.6 is 15.9 Å². The van der Waals surface area contributed by atoms with Crippen LogP contribution in [0.4, 0.5) is 4.39 Å². The molecule has 29 heavy (non-hydrogen) atoms. The minimum Gasteiger partial charge on any atom is -0.481 e. The number of carbonyl (C=O) groups excluding carboxylic acids is 2. The second-order valence-electron chi connectivity index (χ2n) is 7.18. The number of carbonyl (C=O) groups is 2. The van der Waals surface area contributed by atoms with Gasteiger partial charge < -0.3 is 15.0 Å². The van der Waals surface area contributed by atoms with Crippen molar-refractivity contribution >= 4 is 27.7 Å². The van der Waals surface area contributed by atoms with E-state index in [0.29, 0.717) is 12.5 Å². The van der Waals surface area contributed by atoms with Gasteiger partial charge in [0, 0.05) is 17.6 Å². The number of nitrogens with one attached hydrogen (secondary N) is 1. The third-order valence-electron chi connectivity index (χ3n) is 4.31. The summed E-state index contributed by atoms with van der Waals surface area (Å²) in [4.78, 5) is 26.9. The molecular formula is C22H26BrFN2O3. The molecule has 0 saturated heterocycles. The first-order chi connectivity index (χ1) is 13.8. The summed E-state index contributed by atoms with van der Waals surface area (Å²) in [6.45, 7) is 6.07. The van der Waals surface area contributed by atoms with E-state index >= 15 is 0 Å². The first-order valence-corrected chi connectivity index (χ1v) is 10.3. The van der Waals surface area contributed by atoms with E-state index in [9.17, 15) is 14.0 Å². The minimum absolute atomic E-state index is 0.00125. The molecule has 7 heteroatoms. The molecule has 0 aliphatic heterocycles. The molecule has 156 valence electrons. The number of ether oxygens (including phenoxy) is 1. The van der Waals surface area contributed by atoms with Gasteiger partial charge in [-0.05, 0) is 42.7 Å². The van der Waals surface area contributed by atoms with Gasteiger partial charge in [0.1, 0.15) is 6.04 Å². The van der Waals surface area contributed by atoms with E-state index in [-0.39, 0.29) is 24.8 Å². The minimum atomic E-state index is -0.700. The molecule has 0 aromatic heterocycles. The lowest BCUT2D eigenvalue weighted by Crippen LogP contribution is -2.49. The molecule has 1 unspecified atom stereocenters. The molecular weight excluding hydrogens is 439 g/mol. The van der Waals surface area contributed by atoms with Crippen LogP contribution in [-0.4, -0.2) is 35.9 Å². The molecule has 0 heterocycles. The van der Waals surface area contributed by atoms with Gasteiger partial charge >= 0.3 is 0 Å². The highest BCUT2D eigenvalue weighted by Crippen LogP contribution is 2.17. The van der Waals surface area contributed by atoms with Gasteiger partial charge in [0.2, 0.25) is 5.91 Å². The molecule has 2 aromatic rings. The van der Waals surface area contributed by atoms with Crippen LogP contribution in [0.3, 0.4) is 0 Å². The molecule has 2 rings (SSSR count). The number of benzene rings is 2. The van der Waals surface area contributed by atoms with Crippen LogP contribution in [0.15, 0.2) is 53.0 Å². The van der Waals surface area contributed by atoms with E-state index in [1.165, 1.54) is 17.0 Å². The van der Waals surface area contributed by atoms with E-state index in [0.717, 1.165) is 10.0 Å². The lowest BCUT2D eigenvalue weighted by molar-refractivity contribution is -0.142. The average Bonchev–Trinajstić information content (AvgIpc) is 2.70. The third-order valence-corrected chi connectivity index (χ3v) is 4.83. The van der Waals surface area contributed by atoms with Crippen molar-refractivity contribution < 1.29 is 18.7 Å². The van der Waals surface area contributed by atoms with Crippen LogP contribution in [0.25, 0.3) is 0 Å². The normalized spacial score (nSPS) is 11.8. The molecule has 1 N–H and O–H groups in total. The van der Waals surface area contributed by atoms with E-state index < -0.39 is 17.8 Å². The number of para-hydroxylation sites is 1. The van der Waals surface area contributed by atoms with Gasteiger partial charge in [0.25, 0.3) is 5.91 Å². The Morgan fingerprint density at radius 1 is 1.10 bits per heavy atom. The summed E-state index contributed by atoms with van der Waals surface area (Å²) < 4.78 is 20.1. The van der Waals surface area contributed by atoms with Crippen molar-refractivity contribution in [2.75, 3.05) is 13.2 Å². The van der Waals surface area contributed by atoms with Crippen molar-refractivity contribution in [1.82, 2.24) is 10.2 Å². The lowest BCUT2D eigenvalue weighted by Gasteiger charge is -2.29. The van der Waals surface area contributed by atoms with E-state index in [2.05, 4.69) is 21.2 Å². The van der Waals surface area contributed by atoms with Crippen molar-refractivity contribution in [2.45, 2.75) is 33.4 Å². The molecule has 2 aromatic carbocycles. The monoisotopic (exact) mass is 464 g/mol. The van der Waals surface area contributed by atoms with Gasteiger partial charge in [-0.3, -0.25) is 9.59 Å². The molecule has 2 amide bonds. The van der Waals surface area contributed by atoms with Crippen molar-refractivity contribution in [2.24, 2.45) is 5.92 Å². The molecule has 0 aliphatic rings. The van der Waals surface area contributed by atoms with Crippen LogP contribution in [0.5, 0.6) is 5.75 Å². The second kappa shape index (κ2) is 11.0. The van der Waals surface area contributed by atoms with Crippen molar-refractivity contribution in [3.63, 3.8) is 0 Å². The number of rotatable bonds is 9. The first kappa shape index (κ1) is 22.9. The van der Waals surface area contributed by atoms with Crippen LogP contribution in [-0.2, 0) is 16.1 Å². The van der Waals surface area contributed by atoms with Gasteiger partial charge in [0.05, 0.1) is 0 Å². The molecule has 0 aliphatic carbocycles. The fraction of sp³-hybridized carbons (Fsp3) is 0.364. The zero-order valence-electron chi connectivity index (χ0n) is 16.8. The Hall–Kier alpha value is -2.41. The zero-order valence-corrected chi connectivity index (χ0v) is 18.4. The summed E-state index contributed by atoms with van der Waals surface area (Å²) in [7, 11) is 0. The Balaban J connectivity index is 2.13. The SMILES string of the molecule is CC(C)CNC(=O)C(C)N(Cc1ccc(Br)cc1)C(=O)COc1ccccc1F. The van der Waals surface area contributed by atoms with Gasteiger partial charge in [-0.1, -0.05) is 54.0 Å². The molecule has 0 spiro atoms. The summed E-state index contributed by atoms with van der Waals surface area (Å²) in [6, 6.07) is 12.7. The Morgan fingerprint density at radius 3 is 2.38 bits per heavy atom. The number of hydrogen-bond donors (Lipinski definition) is 1. The van der Waals surface area contributed by atoms with Crippen LogP contribution in [0.1, 0.15) is 26.3 Å². The molecule has 0 radical (unpaired) electrons. The highest BCUT2D eigenvalue weighted by atomic mass is 79.9. The second-order valence-corrected chi connectivity index (χ2v) is 8.10. The maximum Gasteiger partial charge on any atom is 0.261 e. The van der Waals surface area contributed by atoms with Gasteiger partial charge in [0.15, 0.2) is 18.2 Å². The number of hydrogen-bond acceptors (Lipinski definition) is 3. The Morgan fingerprint density at radius 2 is 1.76 bits per heavy atom. The number of amides is 2. The number of nitrogens with zero attached hydrogens (tertiary/aromatic N) is 1. The van der Waals surface area contributed by atoms with E-state index in [4.69, 9.17) is 4.74 Å². The number of halogens is 2. The summed E-state index contributed by atoms with van der Waals surface area (Å²) in [5, 5.41) is 2.85. The Kier molecular flexibility index (Phi) is 8.64. The summed E-state index contributed by atoms with van der Waals surface area (Å²) in [5.41, 5.74) is 0.871. The van der Waals surface area contributed by atoms with E-state index in [1.54, 1.807) is 19.1 Å². The van der Waals surface area contributed by atoms with Gasteiger partial charge in [-0.15, -0.1) is 0 Å². The molecule has 0 bridgehead atoms. The standard InChI is InChI=1S/C22H26BrFN2O3/c1-15(2)12-25-22(28)16(3)26(13-17-8-10-18(23)11-9-17)21(27)14-29-20-7-5-4-6-19(20)24/h4-11,15-16H,12-14H2,1-3H3,(H,25,28). The maximum atomic E-state index is 13.8. The highest BCUT2D eigenvalue weighted by molar-refractivity contribution is 9.10. The smallest absolute Gasteiger partial charge is 0.261 e. The van der Waals surface area contributed by atoms with Crippen molar-refractivity contribution in [3.8, 4) is 5.75 Å². The first-order valence-electron chi connectivity index (χ1n) is 9.47. The Bertz CT molecular complexity index is 827. The summed E-state index contributed by atoms with van der Waals surface area (Å²) in [6.07, 6.45) is 0. The highest BCUT2D eigenvalue weighted by Gasteiger charge is 2.26. The molecule has 1 atom stereocenters. The van der Waals surface area contributed by atoms with Gasteiger partial charge in [-0.25, -0.2) is 4.39 Å². The maximum absolute atomic E-state index is 13.8. The van der Waals surface area contributed by atoms with Gasteiger partial charge in [-0.2, -0.15) is 0 Å². The van der Waals surface area contributed by atoms with Crippen LogP contribution in [0.2, 0.25) is 0 Å². The zero-order chi connectivity index (χ0) is 21.4. The fourth-order valence-electron chi connectivity index (χ4n) is 2.61. The quantitative estimate of drug-likeness (QED) is 0.605. The topological polar surface area (TPSA) is 58.6 Å². The summed E-state index contributed by atoms with van der Waals surface area (Å²) >= 11 is 3.38. The molecule has 0 saturated carbocycles. The van der Waals surface area contributed by atoms with Crippen LogP contribution < -0.4 is 10.1 Å². The average molecular weight is 465 g/mol. The predicted molar refractivity (Wildman–Crippen MR) is 114 cm³/mol. The lowest BCUT2D eigenvalue weighted by atomic mass is 10.1. The Labute approximate surface area is 179 Å². The van der Waals surface area contributed by atoms with Crippen molar-refractivity contribution in [1.29, 1.82) is 0 Å². The largest absolute Gasteiger partial charge is 0.481 e.